The zero-order valence-electron chi connectivity index (χ0n) is 15.9. The van der Waals surface area contributed by atoms with Crippen molar-refractivity contribution in [2.45, 2.75) is 6.61 Å². The molecule has 0 atom stereocenters. The van der Waals surface area contributed by atoms with Gasteiger partial charge in [-0.1, -0.05) is 30.3 Å². The van der Waals surface area contributed by atoms with Gasteiger partial charge in [0.15, 0.2) is 6.61 Å². The first kappa shape index (κ1) is 19.1. The number of tetrazole rings is 1. The predicted octanol–water partition coefficient (Wildman–Crippen LogP) is 3.23. The molecule has 4 rings (SSSR count). The van der Waals surface area contributed by atoms with Crippen molar-refractivity contribution in [3.05, 3.63) is 90.8 Å². The molecule has 0 amide bonds. The summed E-state index contributed by atoms with van der Waals surface area (Å²) in [5.41, 5.74) is 1.84. The Balaban J connectivity index is 1.23. The van der Waals surface area contributed by atoms with E-state index in [0.717, 1.165) is 17.0 Å². The van der Waals surface area contributed by atoms with E-state index < -0.39 is 5.97 Å². The van der Waals surface area contributed by atoms with E-state index >= 15 is 0 Å². The van der Waals surface area contributed by atoms with E-state index in [-0.39, 0.29) is 6.61 Å². The van der Waals surface area contributed by atoms with Crippen molar-refractivity contribution in [2.75, 3.05) is 6.61 Å². The summed E-state index contributed by atoms with van der Waals surface area (Å²) in [6, 6.07) is 23.8. The van der Waals surface area contributed by atoms with Crippen molar-refractivity contribution in [1.29, 1.82) is 0 Å². The molecule has 1 aromatic heterocycles. The second-order valence-electron chi connectivity index (χ2n) is 6.26. The number of benzene rings is 3. The van der Waals surface area contributed by atoms with E-state index in [9.17, 15) is 4.79 Å². The molecule has 0 aliphatic heterocycles. The van der Waals surface area contributed by atoms with E-state index in [0.29, 0.717) is 18.1 Å². The summed E-state index contributed by atoms with van der Waals surface area (Å²) in [6.07, 6.45) is 1.48. The normalized spacial score (nSPS) is 10.4. The molecule has 30 heavy (non-hydrogen) atoms. The fraction of sp³-hybridized carbons (Fsp3) is 0.0909. The largest absolute Gasteiger partial charge is 0.489 e. The van der Waals surface area contributed by atoms with Gasteiger partial charge in [-0.25, -0.2) is 9.48 Å². The molecule has 0 aliphatic rings. The van der Waals surface area contributed by atoms with Crippen molar-refractivity contribution in [3.8, 4) is 22.9 Å². The van der Waals surface area contributed by atoms with Crippen LogP contribution in [0, 0.1) is 0 Å². The van der Waals surface area contributed by atoms with Crippen molar-refractivity contribution >= 4 is 5.97 Å². The second-order valence-corrected chi connectivity index (χ2v) is 6.26. The summed E-state index contributed by atoms with van der Waals surface area (Å²) in [5, 5.41) is 10.9. The van der Waals surface area contributed by atoms with Crippen molar-refractivity contribution < 1.29 is 19.0 Å². The molecule has 8 heteroatoms. The van der Waals surface area contributed by atoms with E-state index in [1.807, 2.05) is 30.3 Å². The number of rotatable bonds is 8. The highest BCUT2D eigenvalue weighted by Crippen LogP contribution is 2.19. The lowest BCUT2D eigenvalue weighted by Gasteiger charge is -2.09. The maximum atomic E-state index is 12.0. The third-order valence-corrected chi connectivity index (χ3v) is 4.11. The molecule has 0 bridgehead atoms. The lowest BCUT2D eigenvalue weighted by Crippen LogP contribution is -2.17. The summed E-state index contributed by atoms with van der Waals surface area (Å²) in [5.74, 6) is 1.17. The zero-order chi connectivity index (χ0) is 20.6. The van der Waals surface area contributed by atoms with E-state index in [1.54, 1.807) is 48.5 Å². The molecule has 0 radical (unpaired) electrons. The maximum Gasteiger partial charge on any atom is 0.349 e. The second kappa shape index (κ2) is 9.33. The van der Waals surface area contributed by atoms with Crippen LogP contribution in [0.25, 0.3) is 5.69 Å². The SMILES string of the molecule is O=C(COc1ccc(OCc2ccccc2)cc1)Oc1ccc(-n2cnnn2)cc1. The zero-order valence-corrected chi connectivity index (χ0v) is 15.9. The molecule has 0 aliphatic carbocycles. The van der Waals surface area contributed by atoms with Gasteiger partial charge in [0.2, 0.25) is 0 Å². The number of aromatic nitrogens is 4. The fourth-order valence-electron chi connectivity index (χ4n) is 2.62. The van der Waals surface area contributed by atoms with Gasteiger partial charge < -0.3 is 14.2 Å². The molecule has 0 saturated heterocycles. The van der Waals surface area contributed by atoms with E-state index in [1.165, 1.54) is 11.0 Å². The van der Waals surface area contributed by atoms with E-state index in [2.05, 4.69) is 15.5 Å². The Morgan fingerprint density at radius 2 is 1.47 bits per heavy atom. The molecule has 0 spiro atoms. The third-order valence-electron chi connectivity index (χ3n) is 4.11. The molecule has 3 aromatic carbocycles. The Hall–Kier alpha value is -4.20. The van der Waals surface area contributed by atoms with Crippen LogP contribution in [0.5, 0.6) is 17.2 Å². The summed E-state index contributed by atoms with van der Waals surface area (Å²) in [6.45, 7) is 0.276. The van der Waals surface area contributed by atoms with Crippen molar-refractivity contribution in [3.63, 3.8) is 0 Å². The summed E-state index contributed by atoms with van der Waals surface area (Å²) < 4.78 is 18.0. The van der Waals surface area contributed by atoms with Crippen LogP contribution in [0.3, 0.4) is 0 Å². The monoisotopic (exact) mass is 402 g/mol. The average molecular weight is 402 g/mol. The van der Waals surface area contributed by atoms with Crippen LogP contribution in [-0.2, 0) is 11.4 Å². The molecule has 0 unspecified atom stereocenters. The highest BCUT2D eigenvalue weighted by atomic mass is 16.6. The van der Waals surface area contributed by atoms with Gasteiger partial charge in [-0.05, 0) is 64.5 Å². The predicted molar refractivity (Wildman–Crippen MR) is 108 cm³/mol. The molecule has 8 nitrogen and oxygen atoms in total. The number of esters is 1. The minimum Gasteiger partial charge on any atom is -0.489 e. The summed E-state index contributed by atoms with van der Waals surface area (Å²) >= 11 is 0. The Bertz CT molecular complexity index is 1070. The molecule has 1 heterocycles. The van der Waals surface area contributed by atoms with Crippen LogP contribution < -0.4 is 14.2 Å². The van der Waals surface area contributed by atoms with Crippen LogP contribution in [-0.4, -0.2) is 32.8 Å². The van der Waals surface area contributed by atoms with Crippen LogP contribution in [0.1, 0.15) is 5.56 Å². The summed E-state index contributed by atoms with van der Waals surface area (Å²) in [4.78, 5) is 12.0. The van der Waals surface area contributed by atoms with Gasteiger partial charge in [0.05, 0.1) is 5.69 Å². The number of hydrogen-bond donors (Lipinski definition) is 0. The first-order chi connectivity index (χ1) is 14.8. The molecule has 150 valence electrons. The van der Waals surface area contributed by atoms with Gasteiger partial charge >= 0.3 is 5.97 Å². The first-order valence-electron chi connectivity index (χ1n) is 9.20. The first-order valence-corrected chi connectivity index (χ1v) is 9.20. The Morgan fingerprint density at radius 3 is 2.13 bits per heavy atom. The number of nitrogens with zero attached hydrogens (tertiary/aromatic N) is 4. The van der Waals surface area contributed by atoms with Gasteiger partial charge in [0, 0.05) is 0 Å². The number of ether oxygens (including phenoxy) is 3. The smallest absolute Gasteiger partial charge is 0.349 e. The Morgan fingerprint density at radius 1 is 0.800 bits per heavy atom. The molecule has 0 saturated carbocycles. The third kappa shape index (κ3) is 5.20. The number of carbonyl (C=O) groups is 1. The molecule has 4 aromatic rings. The van der Waals surface area contributed by atoms with Gasteiger partial charge in [-0.15, -0.1) is 5.10 Å². The minimum atomic E-state index is -0.505. The fourth-order valence-corrected chi connectivity index (χ4v) is 2.62. The highest BCUT2D eigenvalue weighted by Gasteiger charge is 2.07. The Kier molecular flexibility index (Phi) is 5.95. The van der Waals surface area contributed by atoms with Gasteiger partial charge in [-0.3, -0.25) is 0 Å². The lowest BCUT2D eigenvalue weighted by molar-refractivity contribution is -0.136. The van der Waals surface area contributed by atoms with Crippen molar-refractivity contribution in [2.24, 2.45) is 0 Å². The molecule has 0 N–H and O–H groups in total. The van der Waals surface area contributed by atoms with Crippen LogP contribution in [0.4, 0.5) is 0 Å². The molecular weight excluding hydrogens is 384 g/mol. The van der Waals surface area contributed by atoms with Gasteiger partial charge in [0.25, 0.3) is 0 Å². The van der Waals surface area contributed by atoms with Crippen molar-refractivity contribution in [1.82, 2.24) is 20.2 Å². The van der Waals surface area contributed by atoms with Gasteiger partial charge in [0.1, 0.15) is 30.2 Å². The quantitative estimate of drug-likeness (QED) is 0.330. The van der Waals surface area contributed by atoms with E-state index in [4.69, 9.17) is 14.2 Å². The standard InChI is InChI=1S/C22H18N4O4/c27-22(30-21-8-6-18(7-9-21)26-16-23-24-25-26)15-29-20-12-10-19(11-13-20)28-14-17-4-2-1-3-5-17/h1-13,16H,14-15H2. The number of carbonyl (C=O) groups excluding carboxylic acids is 1. The minimum absolute atomic E-state index is 0.209. The lowest BCUT2D eigenvalue weighted by atomic mass is 10.2. The Labute approximate surface area is 172 Å². The highest BCUT2D eigenvalue weighted by molar-refractivity contribution is 5.74. The van der Waals surface area contributed by atoms with Gasteiger partial charge in [-0.2, -0.15) is 0 Å². The topological polar surface area (TPSA) is 88.4 Å². The van der Waals surface area contributed by atoms with Crippen LogP contribution in [0.15, 0.2) is 85.2 Å². The van der Waals surface area contributed by atoms with Crippen LogP contribution in [0.2, 0.25) is 0 Å². The maximum absolute atomic E-state index is 12.0. The average Bonchev–Trinajstić information content (AvgIpc) is 3.33. The summed E-state index contributed by atoms with van der Waals surface area (Å²) in [7, 11) is 0. The number of hydrogen-bond acceptors (Lipinski definition) is 7. The van der Waals surface area contributed by atoms with Crippen LogP contribution >= 0.6 is 0 Å². The molecular formula is C22H18N4O4. The molecule has 0 fully saturated rings.